The SMILES string of the molecule is Cc1ccccc1CN1CCN(C(=S)Nc2ccc([N+](=O)[O-])cc2)CC1. The summed E-state index contributed by atoms with van der Waals surface area (Å²) in [7, 11) is 0. The van der Waals surface area contributed by atoms with Gasteiger partial charge in [-0.25, -0.2) is 0 Å². The van der Waals surface area contributed by atoms with Crippen LogP contribution in [0.25, 0.3) is 0 Å². The summed E-state index contributed by atoms with van der Waals surface area (Å²) in [4.78, 5) is 14.9. The second kappa shape index (κ2) is 8.25. The number of nitrogens with zero attached hydrogens (tertiary/aromatic N) is 3. The number of anilines is 1. The van der Waals surface area contributed by atoms with Gasteiger partial charge in [-0.15, -0.1) is 0 Å². The Hall–Kier alpha value is -2.51. The lowest BCUT2D eigenvalue weighted by Crippen LogP contribution is -2.49. The van der Waals surface area contributed by atoms with Gasteiger partial charge in [0.1, 0.15) is 0 Å². The van der Waals surface area contributed by atoms with Crippen LogP contribution in [0.1, 0.15) is 11.1 Å². The maximum absolute atomic E-state index is 10.7. The molecule has 0 unspecified atom stereocenters. The number of aryl methyl sites for hydroxylation is 1. The van der Waals surface area contributed by atoms with Crippen molar-refractivity contribution < 1.29 is 4.92 Å². The summed E-state index contributed by atoms with van der Waals surface area (Å²) in [5.74, 6) is 0. The molecule has 6 nitrogen and oxygen atoms in total. The summed E-state index contributed by atoms with van der Waals surface area (Å²) in [5, 5.41) is 14.5. The predicted molar refractivity (Wildman–Crippen MR) is 107 cm³/mol. The smallest absolute Gasteiger partial charge is 0.269 e. The number of nitrogens with one attached hydrogen (secondary N) is 1. The summed E-state index contributed by atoms with van der Waals surface area (Å²) in [6, 6.07) is 14.8. The molecule has 0 amide bonds. The second-order valence-corrected chi connectivity index (χ2v) is 6.81. The highest BCUT2D eigenvalue weighted by Crippen LogP contribution is 2.17. The molecular weight excluding hydrogens is 348 g/mol. The van der Waals surface area contributed by atoms with E-state index in [2.05, 4.69) is 46.3 Å². The molecule has 1 N–H and O–H groups in total. The molecule has 3 rings (SSSR count). The molecule has 0 atom stereocenters. The van der Waals surface area contributed by atoms with Crippen molar-refractivity contribution >= 4 is 28.7 Å². The van der Waals surface area contributed by atoms with E-state index in [0.29, 0.717) is 5.11 Å². The summed E-state index contributed by atoms with van der Waals surface area (Å²) in [6.45, 7) is 6.75. The van der Waals surface area contributed by atoms with Crippen LogP contribution in [0.2, 0.25) is 0 Å². The number of hydrogen-bond acceptors (Lipinski definition) is 4. The number of piperazine rings is 1. The van der Waals surface area contributed by atoms with E-state index in [9.17, 15) is 10.1 Å². The number of thiocarbonyl (C=S) groups is 1. The molecule has 136 valence electrons. The Balaban J connectivity index is 1.50. The average molecular weight is 370 g/mol. The van der Waals surface area contributed by atoms with E-state index in [-0.39, 0.29) is 5.69 Å². The van der Waals surface area contributed by atoms with Crippen LogP contribution in [0.3, 0.4) is 0 Å². The number of nitro groups is 1. The maximum Gasteiger partial charge on any atom is 0.269 e. The molecule has 0 bridgehead atoms. The minimum atomic E-state index is -0.407. The lowest BCUT2D eigenvalue weighted by molar-refractivity contribution is -0.384. The first-order chi connectivity index (χ1) is 12.5. The van der Waals surface area contributed by atoms with E-state index in [1.54, 1.807) is 12.1 Å². The van der Waals surface area contributed by atoms with Crippen LogP contribution in [0, 0.1) is 17.0 Å². The van der Waals surface area contributed by atoms with Gasteiger partial charge in [0.2, 0.25) is 0 Å². The molecule has 1 aliphatic rings. The quantitative estimate of drug-likeness (QED) is 0.506. The Morgan fingerprint density at radius 3 is 2.38 bits per heavy atom. The Labute approximate surface area is 158 Å². The van der Waals surface area contributed by atoms with Crippen molar-refractivity contribution in [1.82, 2.24) is 9.80 Å². The molecule has 1 heterocycles. The minimum Gasteiger partial charge on any atom is -0.346 e. The van der Waals surface area contributed by atoms with E-state index in [4.69, 9.17) is 12.2 Å². The highest BCUT2D eigenvalue weighted by atomic mass is 32.1. The minimum absolute atomic E-state index is 0.0753. The van der Waals surface area contributed by atoms with Crippen molar-refractivity contribution in [2.75, 3.05) is 31.5 Å². The van der Waals surface area contributed by atoms with Crippen LogP contribution in [-0.4, -0.2) is 46.0 Å². The highest BCUT2D eigenvalue weighted by Gasteiger charge is 2.19. The van der Waals surface area contributed by atoms with Crippen LogP contribution in [-0.2, 0) is 6.54 Å². The van der Waals surface area contributed by atoms with Crippen LogP contribution < -0.4 is 5.32 Å². The Bertz CT molecular complexity index is 786. The molecule has 0 radical (unpaired) electrons. The summed E-state index contributed by atoms with van der Waals surface area (Å²) in [5.41, 5.74) is 3.53. The Morgan fingerprint density at radius 1 is 1.12 bits per heavy atom. The number of rotatable bonds is 4. The van der Waals surface area contributed by atoms with Crippen molar-refractivity contribution in [2.45, 2.75) is 13.5 Å². The van der Waals surface area contributed by atoms with Gasteiger partial charge in [0.25, 0.3) is 5.69 Å². The van der Waals surface area contributed by atoms with Crippen LogP contribution in [0.5, 0.6) is 0 Å². The Morgan fingerprint density at radius 2 is 1.77 bits per heavy atom. The lowest BCUT2D eigenvalue weighted by atomic mass is 10.1. The molecule has 7 heteroatoms. The van der Waals surface area contributed by atoms with E-state index >= 15 is 0 Å². The fourth-order valence-electron chi connectivity index (χ4n) is 3.01. The third kappa shape index (κ3) is 4.56. The first-order valence-electron chi connectivity index (χ1n) is 8.60. The number of hydrogen-bond donors (Lipinski definition) is 1. The van der Waals surface area contributed by atoms with Crippen molar-refractivity contribution in [3.8, 4) is 0 Å². The molecule has 1 saturated heterocycles. The van der Waals surface area contributed by atoms with Crippen molar-refractivity contribution in [3.05, 3.63) is 69.8 Å². The lowest BCUT2D eigenvalue weighted by Gasteiger charge is -2.36. The molecular formula is C19H22N4O2S. The molecule has 1 aliphatic heterocycles. The van der Waals surface area contributed by atoms with Crippen molar-refractivity contribution in [1.29, 1.82) is 0 Å². The van der Waals surface area contributed by atoms with E-state index in [0.717, 1.165) is 38.4 Å². The normalized spacial score (nSPS) is 14.9. The fourth-order valence-corrected chi connectivity index (χ4v) is 3.31. The van der Waals surface area contributed by atoms with Crippen LogP contribution >= 0.6 is 12.2 Å². The maximum atomic E-state index is 10.7. The standard InChI is InChI=1S/C19H22N4O2S/c1-15-4-2-3-5-16(15)14-21-10-12-22(13-11-21)19(26)20-17-6-8-18(9-7-17)23(24)25/h2-9H,10-14H2,1H3,(H,20,26). The number of non-ortho nitro benzene ring substituents is 1. The largest absolute Gasteiger partial charge is 0.346 e. The zero-order valence-electron chi connectivity index (χ0n) is 14.7. The van der Waals surface area contributed by atoms with Gasteiger partial charge in [-0.1, -0.05) is 24.3 Å². The Kier molecular flexibility index (Phi) is 5.80. The molecule has 0 saturated carbocycles. The first kappa shape index (κ1) is 18.3. The summed E-state index contributed by atoms with van der Waals surface area (Å²) < 4.78 is 0. The molecule has 0 spiro atoms. The third-order valence-electron chi connectivity index (χ3n) is 4.64. The fraction of sp³-hybridized carbons (Fsp3) is 0.316. The van der Waals surface area contributed by atoms with Gasteiger partial charge in [0.15, 0.2) is 5.11 Å². The highest BCUT2D eigenvalue weighted by molar-refractivity contribution is 7.80. The molecule has 1 fully saturated rings. The van der Waals surface area contributed by atoms with Crippen LogP contribution in [0.15, 0.2) is 48.5 Å². The summed E-state index contributed by atoms with van der Waals surface area (Å²) in [6.07, 6.45) is 0. The van der Waals surface area contributed by atoms with Gasteiger partial charge in [-0.3, -0.25) is 15.0 Å². The second-order valence-electron chi connectivity index (χ2n) is 6.42. The third-order valence-corrected chi connectivity index (χ3v) is 5.00. The van der Waals surface area contributed by atoms with Gasteiger partial charge < -0.3 is 10.2 Å². The predicted octanol–water partition coefficient (Wildman–Crippen LogP) is 3.42. The van der Waals surface area contributed by atoms with E-state index in [1.165, 1.54) is 23.3 Å². The molecule has 0 aliphatic carbocycles. The summed E-state index contributed by atoms with van der Waals surface area (Å²) >= 11 is 5.49. The molecule has 0 aromatic heterocycles. The zero-order valence-corrected chi connectivity index (χ0v) is 15.5. The monoisotopic (exact) mass is 370 g/mol. The van der Waals surface area contributed by atoms with Crippen LogP contribution in [0.4, 0.5) is 11.4 Å². The molecule has 2 aromatic carbocycles. The first-order valence-corrected chi connectivity index (χ1v) is 9.01. The number of benzene rings is 2. The van der Waals surface area contributed by atoms with E-state index < -0.39 is 4.92 Å². The van der Waals surface area contributed by atoms with Gasteiger partial charge in [0, 0.05) is 50.5 Å². The van der Waals surface area contributed by atoms with Crippen molar-refractivity contribution in [2.24, 2.45) is 0 Å². The van der Waals surface area contributed by atoms with Gasteiger partial charge in [-0.05, 0) is 42.4 Å². The van der Waals surface area contributed by atoms with Gasteiger partial charge >= 0.3 is 0 Å². The molecule has 2 aromatic rings. The van der Waals surface area contributed by atoms with Crippen molar-refractivity contribution in [3.63, 3.8) is 0 Å². The average Bonchev–Trinajstić information content (AvgIpc) is 2.64. The molecule has 26 heavy (non-hydrogen) atoms. The zero-order chi connectivity index (χ0) is 18.5. The van der Waals surface area contributed by atoms with E-state index in [1.807, 2.05) is 0 Å². The number of nitro benzene ring substituents is 1. The topological polar surface area (TPSA) is 61.6 Å². The van der Waals surface area contributed by atoms with Gasteiger partial charge in [0.05, 0.1) is 4.92 Å². The van der Waals surface area contributed by atoms with Gasteiger partial charge in [-0.2, -0.15) is 0 Å².